The second-order valence-electron chi connectivity index (χ2n) is 8.75. The number of halogens is 1. The largest absolute Gasteiger partial charge is 0.497 e. The fourth-order valence-corrected chi connectivity index (χ4v) is 5.33. The molecular formula is C27H30ClN3O4S. The molecule has 0 unspecified atom stereocenters. The van der Waals surface area contributed by atoms with E-state index in [9.17, 15) is 9.59 Å². The highest BCUT2D eigenvalue weighted by Crippen LogP contribution is 2.34. The molecule has 1 aliphatic heterocycles. The zero-order valence-electron chi connectivity index (χ0n) is 20.5. The molecule has 4 rings (SSSR count). The fourth-order valence-electron chi connectivity index (χ4n) is 4.30. The number of hydrogen-bond acceptors (Lipinski definition) is 6. The molecule has 190 valence electrons. The zero-order valence-corrected chi connectivity index (χ0v) is 22.0. The summed E-state index contributed by atoms with van der Waals surface area (Å²) >= 11 is 7.43. The molecule has 2 aromatic carbocycles. The number of hydrogen-bond donors (Lipinski definition) is 1. The van der Waals surface area contributed by atoms with Crippen molar-refractivity contribution in [1.29, 1.82) is 0 Å². The lowest BCUT2D eigenvalue weighted by Crippen LogP contribution is -2.34. The Morgan fingerprint density at radius 2 is 1.89 bits per heavy atom. The number of benzene rings is 2. The van der Waals surface area contributed by atoms with Gasteiger partial charge in [0.2, 0.25) is 5.91 Å². The average Bonchev–Trinajstić information content (AvgIpc) is 3.22. The Morgan fingerprint density at radius 1 is 1.14 bits per heavy atom. The van der Waals surface area contributed by atoms with Gasteiger partial charge in [-0.15, -0.1) is 0 Å². The van der Waals surface area contributed by atoms with E-state index in [-0.39, 0.29) is 23.3 Å². The number of ether oxygens (including phenoxy) is 2. The number of thioether (sulfide) groups is 1. The van der Waals surface area contributed by atoms with Gasteiger partial charge in [-0.1, -0.05) is 54.8 Å². The van der Waals surface area contributed by atoms with Gasteiger partial charge in [-0.2, -0.15) is 0 Å². The molecule has 0 bridgehead atoms. The van der Waals surface area contributed by atoms with Crippen LogP contribution in [-0.2, 0) is 9.59 Å². The topological polar surface area (TPSA) is 80.2 Å². The predicted molar refractivity (Wildman–Crippen MR) is 146 cm³/mol. The number of nitrogens with one attached hydrogen (secondary N) is 1. The van der Waals surface area contributed by atoms with Gasteiger partial charge in [0.1, 0.15) is 17.2 Å². The third-order valence-electron chi connectivity index (χ3n) is 6.29. The van der Waals surface area contributed by atoms with Crippen LogP contribution in [0, 0.1) is 5.92 Å². The quantitative estimate of drug-likeness (QED) is 0.456. The zero-order chi connectivity index (χ0) is 25.5. The number of methoxy groups -OCH3 is 2. The Morgan fingerprint density at radius 3 is 2.58 bits per heavy atom. The lowest BCUT2D eigenvalue weighted by atomic mass is 9.89. The highest BCUT2D eigenvalue weighted by atomic mass is 35.5. The molecule has 1 aliphatic carbocycles. The molecule has 0 saturated heterocycles. The second kappa shape index (κ2) is 12.3. The SMILES string of the molecule is COc1ccc(C=C2N=C(SCC(=O)NCC3CCCCC3)N(c3ccc(Cl)c(OC)c3)C2=O)cc1. The van der Waals surface area contributed by atoms with Crippen molar-refractivity contribution in [2.24, 2.45) is 10.9 Å². The van der Waals surface area contributed by atoms with Gasteiger partial charge in [0.15, 0.2) is 5.17 Å². The van der Waals surface area contributed by atoms with Crippen LogP contribution < -0.4 is 19.7 Å². The van der Waals surface area contributed by atoms with Crippen LogP contribution >= 0.6 is 23.4 Å². The summed E-state index contributed by atoms with van der Waals surface area (Å²) < 4.78 is 10.5. The van der Waals surface area contributed by atoms with Gasteiger partial charge in [0, 0.05) is 12.6 Å². The molecular weight excluding hydrogens is 498 g/mol. The smallest absolute Gasteiger partial charge is 0.283 e. The van der Waals surface area contributed by atoms with Crippen molar-refractivity contribution in [3.05, 3.63) is 58.7 Å². The molecule has 36 heavy (non-hydrogen) atoms. The summed E-state index contributed by atoms with van der Waals surface area (Å²) in [7, 11) is 3.12. The molecule has 7 nitrogen and oxygen atoms in total. The number of carbonyl (C=O) groups is 2. The highest BCUT2D eigenvalue weighted by molar-refractivity contribution is 8.14. The van der Waals surface area contributed by atoms with Gasteiger partial charge in [0.05, 0.1) is 30.7 Å². The van der Waals surface area contributed by atoms with E-state index in [4.69, 9.17) is 21.1 Å². The first-order chi connectivity index (χ1) is 17.5. The van der Waals surface area contributed by atoms with Crippen molar-refractivity contribution < 1.29 is 19.1 Å². The van der Waals surface area contributed by atoms with Crippen LogP contribution in [0.15, 0.2) is 53.2 Å². The van der Waals surface area contributed by atoms with E-state index in [0.717, 1.165) is 11.3 Å². The van der Waals surface area contributed by atoms with Crippen LogP contribution in [0.5, 0.6) is 11.5 Å². The van der Waals surface area contributed by atoms with Crippen LogP contribution in [0.25, 0.3) is 6.08 Å². The van der Waals surface area contributed by atoms with E-state index < -0.39 is 0 Å². The fraction of sp³-hybridized carbons (Fsp3) is 0.370. The van der Waals surface area contributed by atoms with E-state index in [1.807, 2.05) is 24.3 Å². The van der Waals surface area contributed by atoms with Gasteiger partial charge in [-0.05, 0) is 54.7 Å². The van der Waals surface area contributed by atoms with Crippen LogP contribution in [0.2, 0.25) is 5.02 Å². The first-order valence-electron chi connectivity index (χ1n) is 12.0. The Balaban J connectivity index is 1.53. The number of anilines is 1. The Bertz CT molecular complexity index is 1160. The van der Waals surface area contributed by atoms with Crippen molar-refractivity contribution in [2.75, 3.05) is 31.4 Å². The number of aliphatic imine (C=N–C) groups is 1. The Kier molecular flexibility index (Phi) is 8.93. The van der Waals surface area contributed by atoms with Crippen molar-refractivity contribution in [3.63, 3.8) is 0 Å². The molecule has 0 atom stereocenters. The molecule has 0 aromatic heterocycles. The molecule has 0 spiro atoms. The van der Waals surface area contributed by atoms with Crippen LogP contribution in [0.3, 0.4) is 0 Å². The number of amides is 2. The maximum absolute atomic E-state index is 13.4. The molecule has 9 heteroatoms. The molecule has 1 fully saturated rings. The van der Waals surface area contributed by atoms with Gasteiger partial charge in [-0.3, -0.25) is 14.5 Å². The lowest BCUT2D eigenvalue weighted by Gasteiger charge is -2.22. The van der Waals surface area contributed by atoms with Crippen molar-refractivity contribution in [1.82, 2.24) is 5.32 Å². The summed E-state index contributed by atoms with van der Waals surface area (Å²) in [5, 5.41) is 3.92. The maximum atomic E-state index is 13.4. The van der Waals surface area contributed by atoms with Crippen molar-refractivity contribution in [3.8, 4) is 11.5 Å². The molecule has 1 N–H and O–H groups in total. The number of carbonyl (C=O) groups excluding carboxylic acids is 2. The molecule has 1 saturated carbocycles. The third-order valence-corrected chi connectivity index (χ3v) is 7.54. The van der Waals surface area contributed by atoms with Gasteiger partial charge in [0.25, 0.3) is 5.91 Å². The van der Waals surface area contributed by atoms with Gasteiger partial charge >= 0.3 is 0 Å². The highest BCUT2D eigenvalue weighted by Gasteiger charge is 2.33. The molecule has 2 aliphatic rings. The van der Waals surface area contributed by atoms with Crippen molar-refractivity contribution in [2.45, 2.75) is 32.1 Å². The number of amidine groups is 1. The summed E-state index contributed by atoms with van der Waals surface area (Å²) in [6, 6.07) is 12.5. The monoisotopic (exact) mass is 527 g/mol. The molecule has 0 radical (unpaired) electrons. The second-order valence-corrected chi connectivity index (χ2v) is 10.1. The molecule has 2 amide bonds. The number of nitrogens with zero attached hydrogens (tertiary/aromatic N) is 2. The van der Waals surface area contributed by atoms with Crippen LogP contribution in [0.4, 0.5) is 5.69 Å². The van der Waals surface area contributed by atoms with Gasteiger partial charge in [-0.25, -0.2) is 4.99 Å². The third kappa shape index (κ3) is 6.42. The maximum Gasteiger partial charge on any atom is 0.283 e. The minimum atomic E-state index is -0.291. The predicted octanol–water partition coefficient (Wildman–Crippen LogP) is 5.53. The summed E-state index contributed by atoms with van der Waals surface area (Å²) in [6.45, 7) is 0.700. The van der Waals surface area contributed by atoms with Crippen LogP contribution in [-0.4, -0.2) is 43.5 Å². The lowest BCUT2D eigenvalue weighted by molar-refractivity contribution is -0.118. The normalized spacial score (nSPS) is 17.3. The summed E-state index contributed by atoms with van der Waals surface area (Å²) in [6.07, 6.45) is 7.80. The first kappa shape index (κ1) is 26.1. The van der Waals surface area contributed by atoms with E-state index in [2.05, 4.69) is 10.3 Å². The minimum Gasteiger partial charge on any atom is -0.497 e. The average molecular weight is 528 g/mol. The minimum absolute atomic E-state index is 0.0676. The molecule has 1 heterocycles. The van der Waals surface area contributed by atoms with Crippen molar-refractivity contribution >= 4 is 52.1 Å². The Labute approximate surface area is 220 Å². The molecule has 2 aromatic rings. The first-order valence-corrected chi connectivity index (χ1v) is 13.4. The Hall–Kier alpha value is -2.97. The summed E-state index contributed by atoms with van der Waals surface area (Å²) in [5.41, 5.74) is 1.65. The standard InChI is InChI=1S/C27H30ClN3O4S/c1-34-21-11-8-18(9-12-21)14-23-26(33)31(20-10-13-22(28)24(15-20)35-2)27(30-23)36-17-25(32)29-16-19-6-4-3-5-7-19/h8-15,19H,3-7,16-17H2,1-2H3,(H,29,32). The van der Waals surface area contributed by atoms with E-state index in [0.29, 0.717) is 34.1 Å². The number of rotatable bonds is 8. The van der Waals surface area contributed by atoms with E-state index in [1.54, 1.807) is 31.4 Å². The summed E-state index contributed by atoms with van der Waals surface area (Å²) in [5.74, 6) is 1.53. The summed E-state index contributed by atoms with van der Waals surface area (Å²) in [4.78, 5) is 32.1. The van der Waals surface area contributed by atoms with E-state index >= 15 is 0 Å². The van der Waals surface area contributed by atoms with Crippen LogP contribution in [0.1, 0.15) is 37.7 Å². The van der Waals surface area contributed by atoms with Gasteiger partial charge < -0.3 is 14.8 Å². The van der Waals surface area contributed by atoms with E-state index in [1.165, 1.54) is 55.9 Å².